The number of nitrogens with zero attached hydrogens (tertiary/aromatic N) is 4. The lowest BCUT2D eigenvalue weighted by atomic mass is 10.2. The highest BCUT2D eigenvalue weighted by molar-refractivity contribution is 8.00. The first-order chi connectivity index (χ1) is 13.3. The number of aromatic nitrogens is 3. The van der Waals surface area contributed by atoms with Gasteiger partial charge in [0, 0.05) is 30.4 Å². The summed E-state index contributed by atoms with van der Waals surface area (Å²) in [6.07, 6.45) is 0. The van der Waals surface area contributed by atoms with Crippen LogP contribution in [0.4, 0.5) is 11.4 Å². The Morgan fingerprint density at radius 1 is 1.21 bits per heavy atom. The predicted octanol–water partition coefficient (Wildman–Crippen LogP) is 3.82. The van der Waals surface area contributed by atoms with Crippen LogP contribution >= 0.6 is 11.8 Å². The third-order valence-electron chi connectivity index (χ3n) is 4.12. The number of anilines is 1. The summed E-state index contributed by atoms with van der Waals surface area (Å²) in [4.78, 5) is 23.0. The number of thioether (sulfide) groups is 1. The maximum Gasteiger partial charge on any atom is 0.270 e. The van der Waals surface area contributed by atoms with Gasteiger partial charge in [-0.3, -0.25) is 14.9 Å². The minimum atomic E-state index is -0.451. The molecule has 0 bridgehead atoms. The van der Waals surface area contributed by atoms with E-state index in [0.29, 0.717) is 16.5 Å². The molecule has 0 fully saturated rings. The molecule has 1 atom stereocenters. The number of hydrogen-bond donors (Lipinski definition) is 1. The van der Waals surface area contributed by atoms with E-state index in [0.717, 1.165) is 11.3 Å². The number of amides is 1. The summed E-state index contributed by atoms with van der Waals surface area (Å²) in [5, 5.41) is 22.3. The Morgan fingerprint density at radius 3 is 2.61 bits per heavy atom. The van der Waals surface area contributed by atoms with E-state index in [1.165, 1.54) is 23.9 Å². The summed E-state index contributed by atoms with van der Waals surface area (Å²) in [5.41, 5.74) is 2.43. The Balaban J connectivity index is 1.73. The second kappa shape index (κ2) is 8.22. The summed E-state index contributed by atoms with van der Waals surface area (Å²) in [7, 11) is 1.76. The zero-order valence-corrected chi connectivity index (χ0v) is 16.4. The van der Waals surface area contributed by atoms with Crippen molar-refractivity contribution in [2.75, 3.05) is 5.32 Å². The molecule has 0 saturated heterocycles. The summed E-state index contributed by atoms with van der Waals surface area (Å²) in [6, 6.07) is 13.8. The molecule has 28 heavy (non-hydrogen) atoms. The first-order valence-corrected chi connectivity index (χ1v) is 9.41. The van der Waals surface area contributed by atoms with Gasteiger partial charge in [0.05, 0.1) is 10.2 Å². The lowest BCUT2D eigenvalue weighted by Gasteiger charge is -2.12. The third kappa shape index (κ3) is 4.37. The molecule has 144 valence electrons. The number of hydrogen-bond acceptors (Lipinski definition) is 6. The van der Waals surface area contributed by atoms with Gasteiger partial charge in [-0.15, -0.1) is 10.2 Å². The molecule has 3 aromatic rings. The lowest BCUT2D eigenvalue weighted by Crippen LogP contribution is -2.22. The van der Waals surface area contributed by atoms with Crippen LogP contribution < -0.4 is 5.32 Å². The number of rotatable bonds is 6. The number of nitro benzene ring substituents is 1. The number of benzene rings is 2. The molecular weight excluding hydrogens is 378 g/mol. The molecule has 0 saturated carbocycles. The van der Waals surface area contributed by atoms with E-state index >= 15 is 0 Å². The van der Waals surface area contributed by atoms with Gasteiger partial charge in [-0.25, -0.2) is 0 Å². The van der Waals surface area contributed by atoms with E-state index in [1.54, 1.807) is 30.7 Å². The van der Waals surface area contributed by atoms with Crippen LogP contribution in [0.25, 0.3) is 11.4 Å². The number of carbonyl (C=O) groups is 1. The molecule has 8 nitrogen and oxygen atoms in total. The number of non-ortho nitro benzene ring substituents is 1. The minimum Gasteiger partial charge on any atom is -0.325 e. The van der Waals surface area contributed by atoms with Gasteiger partial charge in [0.15, 0.2) is 11.0 Å². The van der Waals surface area contributed by atoms with Crippen molar-refractivity contribution in [3.8, 4) is 11.4 Å². The van der Waals surface area contributed by atoms with Crippen molar-refractivity contribution in [1.82, 2.24) is 14.8 Å². The van der Waals surface area contributed by atoms with Crippen molar-refractivity contribution < 1.29 is 9.72 Å². The molecule has 1 aromatic heterocycles. The largest absolute Gasteiger partial charge is 0.325 e. The average molecular weight is 397 g/mol. The summed E-state index contributed by atoms with van der Waals surface area (Å²) in [5.74, 6) is 0.353. The van der Waals surface area contributed by atoms with Gasteiger partial charge in [0.2, 0.25) is 5.91 Å². The van der Waals surface area contributed by atoms with Gasteiger partial charge in [-0.1, -0.05) is 41.6 Å². The van der Waals surface area contributed by atoms with E-state index in [9.17, 15) is 14.9 Å². The molecule has 0 unspecified atom stereocenters. The smallest absolute Gasteiger partial charge is 0.270 e. The Morgan fingerprint density at radius 2 is 1.93 bits per heavy atom. The van der Waals surface area contributed by atoms with Crippen molar-refractivity contribution in [2.24, 2.45) is 7.05 Å². The van der Waals surface area contributed by atoms with Crippen molar-refractivity contribution in [2.45, 2.75) is 24.3 Å². The molecule has 0 radical (unpaired) electrons. The van der Waals surface area contributed by atoms with Gasteiger partial charge in [-0.05, 0) is 26.0 Å². The van der Waals surface area contributed by atoms with E-state index in [1.807, 2.05) is 31.2 Å². The second-order valence-electron chi connectivity index (χ2n) is 6.29. The molecule has 2 aromatic carbocycles. The minimum absolute atomic E-state index is 0.0134. The number of carbonyl (C=O) groups excluding carboxylic acids is 1. The van der Waals surface area contributed by atoms with Gasteiger partial charge < -0.3 is 9.88 Å². The van der Waals surface area contributed by atoms with E-state index in [-0.39, 0.29) is 11.6 Å². The molecule has 0 aliphatic heterocycles. The SMILES string of the molecule is Cc1ccc(NC(=O)[C@@H](C)Sc2nnc(-c3cccc([N+](=O)[O-])c3)n2C)cc1. The van der Waals surface area contributed by atoms with Crippen molar-refractivity contribution in [3.63, 3.8) is 0 Å². The van der Waals surface area contributed by atoms with Crippen LogP contribution in [0.3, 0.4) is 0 Å². The molecule has 3 rings (SSSR count). The third-order valence-corrected chi connectivity index (χ3v) is 5.25. The highest BCUT2D eigenvalue weighted by Crippen LogP contribution is 2.28. The number of nitro groups is 1. The zero-order valence-electron chi connectivity index (χ0n) is 15.6. The Bertz CT molecular complexity index is 1020. The molecule has 0 aliphatic rings. The summed E-state index contributed by atoms with van der Waals surface area (Å²) < 4.78 is 1.72. The fraction of sp³-hybridized carbons (Fsp3) is 0.211. The Labute approximate surface area is 166 Å². The molecule has 0 aliphatic carbocycles. The maximum atomic E-state index is 12.4. The monoisotopic (exact) mass is 397 g/mol. The molecule has 0 spiro atoms. The van der Waals surface area contributed by atoms with Crippen LogP contribution in [-0.4, -0.2) is 30.8 Å². The second-order valence-corrected chi connectivity index (χ2v) is 7.60. The van der Waals surface area contributed by atoms with Gasteiger partial charge in [-0.2, -0.15) is 0 Å². The van der Waals surface area contributed by atoms with Crippen LogP contribution in [0.1, 0.15) is 12.5 Å². The fourth-order valence-electron chi connectivity index (χ4n) is 2.52. The Hall–Kier alpha value is -3.20. The molecule has 9 heteroatoms. The van der Waals surface area contributed by atoms with Crippen LogP contribution in [-0.2, 0) is 11.8 Å². The summed E-state index contributed by atoms with van der Waals surface area (Å²) in [6.45, 7) is 3.77. The van der Waals surface area contributed by atoms with Crippen LogP contribution in [0.5, 0.6) is 0 Å². The predicted molar refractivity (Wildman–Crippen MR) is 108 cm³/mol. The van der Waals surface area contributed by atoms with E-state index in [2.05, 4.69) is 15.5 Å². The first kappa shape index (κ1) is 19.6. The van der Waals surface area contributed by atoms with Crippen LogP contribution in [0.2, 0.25) is 0 Å². The van der Waals surface area contributed by atoms with Gasteiger partial charge in [0.25, 0.3) is 5.69 Å². The molecule has 1 heterocycles. The first-order valence-electron chi connectivity index (χ1n) is 8.53. The highest BCUT2D eigenvalue weighted by atomic mass is 32.2. The Kier molecular flexibility index (Phi) is 5.74. The van der Waals surface area contributed by atoms with Crippen LogP contribution in [0, 0.1) is 17.0 Å². The zero-order chi connectivity index (χ0) is 20.3. The topological polar surface area (TPSA) is 103 Å². The maximum absolute atomic E-state index is 12.4. The molecular formula is C19H19N5O3S. The van der Waals surface area contributed by atoms with E-state index in [4.69, 9.17) is 0 Å². The van der Waals surface area contributed by atoms with Crippen molar-refractivity contribution >= 4 is 29.0 Å². The average Bonchev–Trinajstić information content (AvgIpc) is 3.04. The van der Waals surface area contributed by atoms with Gasteiger partial charge in [0.1, 0.15) is 0 Å². The standard InChI is InChI=1S/C19H19N5O3S/c1-12-7-9-15(10-8-12)20-18(25)13(2)28-19-22-21-17(23(19)3)14-5-4-6-16(11-14)24(26)27/h4-11,13H,1-3H3,(H,20,25)/t13-/m1/s1. The lowest BCUT2D eigenvalue weighted by molar-refractivity contribution is -0.384. The fourth-order valence-corrected chi connectivity index (χ4v) is 3.33. The van der Waals surface area contributed by atoms with Crippen molar-refractivity contribution in [1.29, 1.82) is 0 Å². The normalized spacial score (nSPS) is 11.8. The number of nitrogens with one attached hydrogen (secondary N) is 1. The quantitative estimate of drug-likeness (QED) is 0.385. The van der Waals surface area contributed by atoms with Gasteiger partial charge >= 0.3 is 0 Å². The molecule has 1 amide bonds. The number of aryl methyl sites for hydroxylation is 1. The molecule has 1 N–H and O–H groups in total. The van der Waals surface area contributed by atoms with Crippen LogP contribution in [0.15, 0.2) is 53.7 Å². The highest BCUT2D eigenvalue weighted by Gasteiger charge is 2.20. The van der Waals surface area contributed by atoms with E-state index < -0.39 is 10.2 Å². The summed E-state index contributed by atoms with van der Waals surface area (Å²) >= 11 is 1.27. The van der Waals surface area contributed by atoms with Crippen molar-refractivity contribution in [3.05, 3.63) is 64.2 Å².